The predicted molar refractivity (Wildman–Crippen MR) is 121 cm³/mol. The third-order valence-electron chi connectivity index (χ3n) is 4.69. The highest BCUT2D eigenvalue weighted by Crippen LogP contribution is 2.44. The van der Waals surface area contributed by atoms with Gasteiger partial charge in [0.15, 0.2) is 11.5 Å². The van der Waals surface area contributed by atoms with Gasteiger partial charge in [0.1, 0.15) is 12.4 Å². The summed E-state index contributed by atoms with van der Waals surface area (Å²) in [6.07, 6.45) is 3.67. The van der Waals surface area contributed by atoms with E-state index in [4.69, 9.17) is 16.7 Å². The van der Waals surface area contributed by atoms with Crippen LogP contribution in [0, 0.1) is 5.82 Å². The molecule has 7 nitrogen and oxygen atoms in total. The second-order valence-corrected chi connectivity index (χ2v) is 7.25. The van der Waals surface area contributed by atoms with Gasteiger partial charge in [-0.15, -0.1) is 0 Å². The molecule has 0 aromatic heterocycles. The maximum Gasteiger partial charge on any atom is 0.322 e. The van der Waals surface area contributed by atoms with E-state index in [0.29, 0.717) is 28.3 Å². The number of nitrogens with zero attached hydrogens (tertiary/aromatic N) is 2. The summed E-state index contributed by atoms with van der Waals surface area (Å²) in [5.74, 6) is -3.07. The molecule has 0 aliphatic carbocycles. The van der Waals surface area contributed by atoms with E-state index in [-0.39, 0.29) is 16.8 Å². The molecule has 0 spiro atoms. The fraction of sp³-hybridized carbons (Fsp3) is 0.174. The smallest absolute Gasteiger partial charge is 0.322 e. The van der Waals surface area contributed by atoms with Crippen LogP contribution in [0.15, 0.2) is 53.3 Å². The van der Waals surface area contributed by atoms with E-state index in [1.807, 2.05) is 6.92 Å². The SMILES string of the molecule is C/C=N\N1C(C(=O)NCC(=O)O)=C(O)c2ccc(F)c(-c3cccc(Cl)c3)c2/C1=C\CC. The van der Waals surface area contributed by atoms with Crippen molar-refractivity contribution in [3.8, 4) is 11.1 Å². The van der Waals surface area contributed by atoms with Gasteiger partial charge in [-0.2, -0.15) is 5.10 Å². The molecule has 1 aliphatic rings. The predicted octanol–water partition coefficient (Wildman–Crippen LogP) is 4.65. The van der Waals surface area contributed by atoms with Crippen molar-refractivity contribution in [1.82, 2.24) is 10.3 Å². The first kappa shape index (κ1) is 23.0. The third-order valence-corrected chi connectivity index (χ3v) is 4.92. The van der Waals surface area contributed by atoms with E-state index >= 15 is 4.39 Å². The van der Waals surface area contributed by atoms with Gasteiger partial charge in [-0.05, 0) is 43.2 Å². The van der Waals surface area contributed by atoms with Gasteiger partial charge >= 0.3 is 5.97 Å². The highest BCUT2D eigenvalue weighted by Gasteiger charge is 2.36. The van der Waals surface area contributed by atoms with Crippen LogP contribution in [0.3, 0.4) is 0 Å². The summed E-state index contributed by atoms with van der Waals surface area (Å²) in [5.41, 5.74) is 1.34. The summed E-state index contributed by atoms with van der Waals surface area (Å²) >= 11 is 6.13. The minimum Gasteiger partial charge on any atom is -0.505 e. The lowest BCUT2D eigenvalue weighted by Crippen LogP contribution is -2.37. The summed E-state index contributed by atoms with van der Waals surface area (Å²) in [6.45, 7) is 2.84. The summed E-state index contributed by atoms with van der Waals surface area (Å²) in [7, 11) is 0. The summed E-state index contributed by atoms with van der Waals surface area (Å²) in [6, 6.07) is 9.21. The summed E-state index contributed by atoms with van der Waals surface area (Å²) in [4.78, 5) is 23.7. The van der Waals surface area contributed by atoms with Gasteiger partial charge in [-0.1, -0.05) is 36.7 Å². The molecule has 0 bridgehead atoms. The Bertz CT molecular complexity index is 1170. The number of aliphatic carboxylic acids is 1. The average molecular weight is 458 g/mol. The molecule has 2 aromatic carbocycles. The number of carbonyl (C=O) groups excluding carboxylic acids is 1. The molecule has 0 fully saturated rings. The van der Waals surface area contributed by atoms with E-state index in [2.05, 4.69) is 10.4 Å². The molecule has 0 saturated heterocycles. The summed E-state index contributed by atoms with van der Waals surface area (Å²) in [5, 5.41) is 28.0. The molecule has 3 rings (SSSR count). The third kappa shape index (κ3) is 4.36. The second-order valence-electron chi connectivity index (χ2n) is 6.81. The zero-order valence-corrected chi connectivity index (χ0v) is 18.2. The number of rotatable bonds is 6. The van der Waals surface area contributed by atoms with Crippen LogP contribution in [-0.4, -0.2) is 39.9 Å². The van der Waals surface area contributed by atoms with Gasteiger partial charge in [0.2, 0.25) is 0 Å². The highest BCUT2D eigenvalue weighted by molar-refractivity contribution is 6.30. The molecule has 2 aromatic rings. The molecule has 0 radical (unpaired) electrons. The Kier molecular flexibility index (Phi) is 6.95. The molecule has 0 unspecified atom stereocenters. The Morgan fingerprint density at radius 2 is 2.00 bits per heavy atom. The molecule has 1 amide bonds. The van der Waals surface area contributed by atoms with Crippen molar-refractivity contribution in [2.75, 3.05) is 6.54 Å². The fourth-order valence-electron chi connectivity index (χ4n) is 3.48. The van der Waals surface area contributed by atoms with Crippen LogP contribution in [0.5, 0.6) is 0 Å². The van der Waals surface area contributed by atoms with E-state index in [1.54, 1.807) is 37.3 Å². The molecule has 0 saturated carbocycles. The Morgan fingerprint density at radius 3 is 2.62 bits per heavy atom. The quantitative estimate of drug-likeness (QED) is 0.548. The number of hydrazone groups is 1. The van der Waals surface area contributed by atoms with Crippen molar-refractivity contribution >= 4 is 41.1 Å². The normalized spacial score (nSPS) is 14.8. The number of hydrogen-bond donors (Lipinski definition) is 3. The number of benzene rings is 2. The fourth-order valence-corrected chi connectivity index (χ4v) is 3.67. The van der Waals surface area contributed by atoms with Gasteiger partial charge in [0.05, 0.1) is 5.70 Å². The van der Waals surface area contributed by atoms with E-state index in [1.165, 1.54) is 23.4 Å². The van der Waals surface area contributed by atoms with Crippen LogP contribution < -0.4 is 5.32 Å². The lowest BCUT2D eigenvalue weighted by Gasteiger charge is -2.32. The highest BCUT2D eigenvalue weighted by atomic mass is 35.5. The number of aliphatic hydroxyl groups excluding tert-OH is 1. The van der Waals surface area contributed by atoms with Crippen LogP contribution in [-0.2, 0) is 9.59 Å². The Morgan fingerprint density at radius 1 is 1.25 bits per heavy atom. The van der Waals surface area contributed by atoms with Crippen LogP contribution >= 0.6 is 11.6 Å². The molecule has 9 heteroatoms. The molecule has 3 N–H and O–H groups in total. The van der Waals surface area contributed by atoms with Crippen molar-refractivity contribution in [3.05, 3.63) is 70.1 Å². The zero-order chi connectivity index (χ0) is 23.4. The monoisotopic (exact) mass is 457 g/mol. The number of nitrogens with one attached hydrogen (secondary N) is 1. The van der Waals surface area contributed by atoms with Gasteiger partial charge in [0.25, 0.3) is 5.91 Å². The molecule has 166 valence electrons. The van der Waals surface area contributed by atoms with Crippen LogP contribution in [0.25, 0.3) is 22.6 Å². The average Bonchev–Trinajstić information content (AvgIpc) is 2.74. The van der Waals surface area contributed by atoms with Crippen molar-refractivity contribution in [3.63, 3.8) is 0 Å². The number of fused-ring (bicyclic) bond motifs is 1. The molecule has 32 heavy (non-hydrogen) atoms. The van der Waals surface area contributed by atoms with Crippen molar-refractivity contribution in [2.45, 2.75) is 20.3 Å². The number of carbonyl (C=O) groups is 2. The first-order valence-electron chi connectivity index (χ1n) is 9.81. The van der Waals surface area contributed by atoms with Gasteiger partial charge in [-0.25, -0.2) is 9.40 Å². The molecule has 1 aliphatic heterocycles. The maximum atomic E-state index is 15.1. The minimum atomic E-state index is -1.24. The van der Waals surface area contributed by atoms with Gasteiger partial charge in [-0.3, -0.25) is 9.59 Å². The van der Waals surface area contributed by atoms with E-state index < -0.39 is 30.0 Å². The van der Waals surface area contributed by atoms with Gasteiger partial charge < -0.3 is 15.5 Å². The Labute approximate surface area is 189 Å². The molecule has 1 heterocycles. The lowest BCUT2D eigenvalue weighted by atomic mass is 9.88. The van der Waals surface area contributed by atoms with E-state index in [0.717, 1.165) is 0 Å². The van der Waals surface area contributed by atoms with Crippen molar-refractivity contribution in [2.24, 2.45) is 5.10 Å². The van der Waals surface area contributed by atoms with Crippen molar-refractivity contribution < 1.29 is 24.2 Å². The van der Waals surface area contributed by atoms with Crippen LogP contribution in [0.4, 0.5) is 4.39 Å². The Balaban J connectivity index is 2.35. The minimum absolute atomic E-state index is 0.192. The largest absolute Gasteiger partial charge is 0.505 e. The lowest BCUT2D eigenvalue weighted by molar-refractivity contribution is -0.137. The Hall–Kier alpha value is -3.65. The second kappa shape index (κ2) is 9.65. The maximum absolute atomic E-state index is 15.1. The molecule has 0 atom stereocenters. The molecular weight excluding hydrogens is 437 g/mol. The number of carboxylic acid groups (broad SMARTS) is 1. The standard InChI is InChI=1S/C23H21ClFN3O4/c1-3-6-17-20-15(9-10-16(25)19(20)13-7-5-8-14(24)11-13)22(31)21(28(17)27-4-2)23(32)26-12-18(29)30/h4-11,31H,3,12H2,1-2H3,(H,26,32)(H,29,30)/b17-6+,27-4-. The van der Waals surface area contributed by atoms with Crippen LogP contribution in [0.1, 0.15) is 31.4 Å². The number of halogens is 2. The van der Waals surface area contributed by atoms with Crippen molar-refractivity contribution in [1.29, 1.82) is 0 Å². The van der Waals surface area contributed by atoms with E-state index in [9.17, 15) is 14.7 Å². The first-order chi connectivity index (χ1) is 15.3. The number of amides is 1. The number of carboxylic acids is 1. The number of hydrogen-bond acceptors (Lipinski definition) is 5. The first-order valence-corrected chi connectivity index (χ1v) is 10.2. The zero-order valence-electron chi connectivity index (χ0n) is 17.4. The van der Waals surface area contributed by atoms with Crippen LogP contribution in [0.2, 0.25) is 5.02 Å². The number of aliphatic hydroxyl groups is 1. The number of allylic oxidation sites excluding steroid dienone is 1. The topological polar surface area (TPSA) is 102 Å². The summed E-state index contributed by atoms with van der Waals surface area (Å²) < 4.78 is 15.1. The van der Waals surface area contributed by atoms with Gasteiger partial charge in [0, 0.05) is 27.9 Å². The molecular formula is C23H21ClFN3O4.